The molecule has 1 aromatic rings. The molecule has 48 heavy (non-hydrogen) atoms. The quantitative estimate of drug-likeness (QED) is 0.0330. The molecule has 0 saturated heterocycles. The van der Waals surface area contributed by atoms with E-state index < -0.39 is 35.8 Å². The number of hydrogen-bond acceptors (Lipinski definition) is 7. The average Bonchev–Trinajstić information content (AvgIpc) is 3.03. The van der Waals surface area contributed by atoms with Gasteiger partial charge in [-0.2, -0.15) is 0 Å². The number of amides is 4. The number of carbonyl (C=O) groups excluding carboxylic acids is 4. The number of guanidine groups is 2. The molecular weight excluding hydrogens is 616 g/mol. The molecule has 1 aromatic carbocycles. The van der Waals surface area contributed by atoms with Crippen molar-refractivity contribution in [3.8, 4) is 0 Å². The smallest absolute Gasteiger partial charge is 0.243 e. The Labute approximate surface area is 282 Å². The third-order valence-corrected chi connectivity index (χ3v) is 7.09. The van der Waals surface area contributed by atoms with Gasteiger partial charge in [0.2, 0.25) is 23.6 Å². The summed E-state index contributed by atoms with van der Waals surface area (Å²) in [6, 6.07) is 3.90. The molecule has 16 heteroatoms. The molecule has 4 amide bonds. The van der Waals surface area contributed by atoms with E-state index in [-0.39, 0.29) is 68.5 Å². The molecule has 0 bridgehead atoms. The van der Waals surface area contributed by atoms with Gasteiger partial charge < -0.3 is 49.9 Å². The van der Waals surface area contributed by atoms with Crippen molar-refractivity contribution in [2.45, 2.75) is 90.4 Å². The number of nitrogens with two attached hydrogens (primary N) is 5. The zero-order valence-electron chi connectivity index (χ0n) is 28.3. The van der Waals surface area contributed by atoms with Crippen molar-refractivity contribution in [3.05, 3.63) is 47.5 Å². The van der Waals surface area contributed by atoms with E-state index in [0.29, 0.717) is 24.8 Å². The van der Waals surface area contributed by atoms with Gasteiger partial charge in [0.15, 0.2) is 11.9 Å². The molecule has 1 unspecified atom stereocenters. The molecule has 16 nitrogen and oxygen atoms in total. The third kappa shape index (κ3) is 17.0. The van der Waals surface area contributed by atoms with Crippen LogP contribution in [0.4, 0.5) is 0 Å². The van der Waals surface area contributed by atoms with Gasteiger partial charge in [-0.25, -0.2) is 0 Å². The normalized spacial score (nSPS) is 12.8. The van der Waals surface area contributed by atoms with Crippen LogP contribution in [0.5, 0.6) is 0 Å². The first kappa shape index (κ1) is 40.9. The van der Waals surface area contributed by atoms with E-state index in [0.717, 1.165) is 12.0 Å². The van der Waals surface area contributed by atoms with Crippen molar-refractivity contribution in [1.29, 1.82) is 5.41 Å². The van der Waals surface area contributed by atoms with Gasteiger partial charge >= 0.3 is 0 Å². The number of nitrogens with one attached hydrogen (secondary N) is 5. The maximum Gasteiger partial charge on any atom is 0.243 e. The van der Waals surface area contributed by atoms with Crippen LogP contribution in [0.2, 0.25) is 0 Å². The lowest BCUT2D eigenvalue weighted by molar-refractivity contribution is -0.134. The second kappa shape index (κ2) is 22.4. The molecule has 0 aliphatic heterocycles. The third-order valence-electron chi connectivity index (χ3n) is 7.09. The van der Waals surface area contributed by atoms with E-state index in [1.807, 2.05) is 19.1 Å². The van der Waals surface area contributed by atoms with Gasteiger partial charge in [-0.3, -0.25) is 34.6 Å². The highest BCUT2D eigenvalue weighted by Crippen LogP contribution is 2.09. The van der Waals surface area contributed by atoms with Crippen LogP contribution in [0.15, 0.2) is 46.4 Å². The van der Waals surface area contributed by atoms with Gasteiger partial charge in [0.05, 0.1) is 0 Å². The summed E-state index contributed by atoms with van der Waals surface area (Å²) < 4.78 is 0. The average molecular weight is 671 g/mol. The van der Waals surface area contributed by atoms with Crippen LogP contribution >= 0.6 is 0 Å². The lowest BCUT2D eigenvalue weighted by Gasteiger charge is -2.27. The maximum absolute atomic E-state index is 13.6. The molecule has 0 saturated carbocycles. The Bertz CT molecular complexity index is 1290. The number of aliphatic imine (C=N–C) groups is 2. The lowest BCUT2D eigenvalue weighted by atomic mass is 10.0. The molecule has 0 fully saturated rings. The number of carbonyl (C=O) groups is 4. The second-order valence-corrected chi connectivity index (χ2v) is 11.6. The maximum atomic E-state index is 13.6. The summed E-state index contributed by atoms with van der Waals surface area (Å²) in [6.07, 6.45) is 6.67. The molecule has 266 valence electrons. The van der Waals surface area contributed by atoms with Crippen LogP contribution in [0, 0.1) is 11.3 Å². The molecular formula is C32H54N12O4. The topological polar surface area (TPSA) is 295 Å². The van der Waals surface area contributed by atoms with Crippen molar-refractivity contribution in [2.75, 3.05) is 13.1 Å². The fraction of sp³-hybridized carbons (Fsp3) is 0.531. The lowest BCUT2D eigenvalue weighted by Crippen LogP contribution is -2.58. The number of nitrogens with zero attached hydrogens (tertiary/aromatic N) is 2. The minimum Gasteiger partial charge on any atom is -0.384 e. The molecule has 3 atom stereocenters. The molecule has 0 radical (unpaired) electrons. The first-order valence-electron chi connectivity index (χ1n) is 16.1. The van der Waals surface area contributed by atoms with Gasteiger partial charge in [0.1, 0.15) is 24.0 Å². The fourth-order valence-corrected chi connectivity index (χ4v) is 4.48. The summed E-state index contributed by atoms with van der Waals surface area (Å²) >= 11 is 0. The zero-order chi connectivity index (χ0) is 36.1. The molecule has 0 heterocycles. The Morgan fingerprint density at radius 3 is 1.85 bits per heavy atom. The first-order chi connectivity index (χ1) is 22.7. The van der Waals surface area contributed by atoms with Crippen LogP contribution in [0.3, 0.4) is 0 Å². The Balaban J connectivity index is 3.07. The van der Waals surface area contributed by atoms with E-state index in [4.69, 9.17) is 34.1 Å². The molecule has 0 spiro atoms. The highest BCUT2D eigenvalue weighted by Gasteiger charge is 2.31. The predicted octanol–water partition coefficient (Wildman–Crippen LogP) is -0.449. The fourth-order valence-electron chi connectivity index (χ4n) is 4.48. The molecule has 0 aliphatic rings. The monoisotopic (exact) mass is 670 g/mol. The summed E-state index contributed by atoms with van der Waals surface area (Å²) in [4.78, 5) is 60.9. The van der Waals surface area contributed by atoms with E-state index >= 15 is 0 Å². The number of amidine groups is 1. The highest BCUT2D eigenvalue weighted by molar-refractivity contribution is 5.95. The van der Waals surface area contributed by atoms with E-state index in [1.165, 1.54) is 0 Å². The van der Waals surface area contributed by atoms with Crippen LogP contribution < -0.4 is 49.9 Å². The minimum atomic E-state index is -1.02. The van der Waals surface area contributed by atoms with E-state index in [1.54, 1.807) is 38.1 Å². The number of nitrogen functional groups attached to an aromatic ring is 1. The summed E-state index contributed by atoms with van der Waals surface area (Å²) in [5, 5.41) is 18.7. The second-order valence-electron chi connectivity index (χ2n) is 11.6. The molecule has 0 aliphatic carbocycles. The van der Waals surface area contributed by atoms with Crippen molar-refractivity contribution in [2.24, 2.45) is 44.6 Å². The van der Waals surface area contributed by atoms with Crippen LogP contribution in [-0.4, -0.2) is 72.6 Å². The number of hydrogen-bond donors (Lipinski definition) is 10. The van der Waals surface area contributed by atoms with E-state index in [9.17, 15) is 19.2 Å². The van der Waals surface area contributed by atoms with Crippen molar-refractivity contribution in [1.82, 2.24) is 21.3 Å². The van der Waals surface area contributed by atoms with Gasteiger partial charge in [0.25, 0.3) is 0 Å². The largest absolute Gasteiger partial charge is 0.384 e. The minimum absolute atomic E-state index is 0.0691. The van der Waals surface area contributed by atoms with E-state index in [2.05, 4.69) is 31.3 Å². The summed E-state index contributed by atoms with van der Waals surface area (Å²) in [6.45, 7) is 6.18. The molecule has 0 aromatic heterocycles. The Morgan fingerprint density at radius 1 is 0.792 bits per heavy atom. The van der Waals surface area contributed by atoms with Crippen molar-refractivity contribution >= 4 is 41.4 Å². The first-order valence-corrected chi connectivity index (χ1v) is 16.1. The zero-order valence-corrected chi connectivity index (χ0v) is 28.3. The summed E-state index contributed by atoms with van der Waals surface area (Å²) in [5.41, 5.74) is 28.5. The molecule has 1 rings (SSSR count). The standard InChI is InChI=1S/C32H54N12O4/c1-4-5-6-7-12-25(45)42-24(11-9-18-40-32(37)38)29(47)44-26(20(2)3)30(48)43-23(10-8-17-39-31(35)36)28(46)41-19-21-13-15-22(16-14-21)27(33)34/h5-6,13-16,20,23-24,26H,4,7-12,17-19H2,1-3H3,(H3,33,34)(H,41,46)(H,42,45)(H,43,48)(H,44,47)(H4,35,36,39)(H4,37,38,40)/t23-,24-,26?/m0/s1. The molecule has 15 N–H and O–H groups in total. The highest BCUT2D eigenvalue weighted by atomic mass is 16.2. The van der Waals surface area contributed by atoms with Gasteiger partial charge in [-0.1, -0.05) is 57.2 Å². The number of allylic oxidation sites excluding steroid dienone is 2. The van der Waals surface area contributed by atoms with Gasteiger partial charge in [0, 0.05) is 31.6 Å². The van der Waals surface area contributed by atoms with Crippen LogP contribution in [0.25, 0.3) is 0 Å². The van der Waals surface area contributed by atoms with Crippen molar-refractivity contribution < 1.29 is 19.2 Å². The van der Waals surface area contributed by atoms with Crippen LogP contribution in [0.1, 0.15) is 76.8 Å². The SMILES string of the molecule is CCC=CCCC(=O)N[C@@H](CCCN=C(N)N)C(=O)NC(C(=O)N[C@@H](CCCN=C(N)N)C(=O)NCc1ccc(C(=N)N)cc1)C(C)C. The number of rotatable bonds is 22. The van der Waals surface area contributed by atoms with Crippen LogP contribution in [-0.2, 0) is 25.7 Å². The Kier molecular flexibility index (Phi) is 19.1. The number of benzene rings is 1. The Hall–Kier alpha value is -5.15. The van der Waals surface area contributed by atoms with Gasteiger partial charge in [-0.05, 0) is 50.0 Å². The summed E-state index contributed by atoms with van der Waals surface area (Å²) in [5.74, 6) is -2.47. The predicted molar refractivity (Wildman–Crippen MR) is 188 cm³/mol. The van der Waals surface area contributed by atoms with Gasteiger partial charge in [-0.15, -0.1) is 0 Å². The summed E-state index contributed by atoms with van der Waals surface area (Å²) in [7, 11) is 0. The van der Waals surface area contributed by atoms with Crippen molar-refractivity contribution in [3.63, 3.8) is 0 Å². The Morgan fingerprint density at radius 2 is 1.35 bits per heavy atom.